The second kappa shape index (κ2) is 9.37. The summed E-state index contributed by atoms with van der Waals surface area (Å²) in [6.45, 7) is 0. The summed E-state index contributed by atoms with van der Waals surface area (Å²) in [7, 11) is 0. The van der Waals surface area contributed by atoms with Gasteiger partial charge in [-0.15, -0.1) is 0 Å². The third-order valence-corrected chi connectivity index (χ3v) is 7.57. The van der Waals surface area contributed by atoms with Crippen LogP contribution >= 0.6 is 11.6 Å². The number of aromatic nitrogens is 1. The average molecular weight is 506 g/mol. The van der Waals surface area contributed by atoms with E-state index in [2.05, 4.69) is 138 Å². The van der Waals surface area contributed by atoms with E-state index in [1.165, 1.54) is 21.8 Å². The number of halogens is 1. The summed E-state index contributed by atoms with van der Waals surface area (Å²) in [6.07, 6.45) is 0. The zero-order chi connectivity index (χ0) is 25.5. The Bertz CT molecular complexity index is 1850. The number of hydrogen-bond donors (Lipinski definition) is 0. The van der Waals surface area contributed by atoms with Crippen molar-refractivity contribution >= 4 is 33.4 Å². The van der Waals surface area contributed by atoms with E-state index in [1.807, 2.05) is 12.1 Å². The Morgan fingerprint density at radius 1 is 0.421 bits per heavy atom. The number of nitrogens with zero attached hydrogens (tertiary/aromatic N) is 1. The van der Waals surface area contributed by atoms with E-state index >= 15 is 0 Å². The van der Waals surface area contributed by atoms with Crippen LogP contribution in [0.25, 0.3) is 60.9 Å². The number of hydrogen-bond acceptors (Lipinski definition) is 0. The third kappa shape index (κ3) is 3.80. The summed E-state index contributed by atoms with van der Waals surface area (Å²) < 4.78 is 2.35. The third-order valence-electron chi connectivity index (χ3n) is 7.28. The predicted octanol–water partition coefficient (Wildman–Crippen LogP) is 10.4. The van der Waals surface area contributed by atoms with Crippen molar-refractivity contribution in [3.8, 4) is 39.1 Å². The van der Waals surface area contributed by atoms with Gasteiger partial charge >= 0.3 is 0 Å². The summed E-state index contributed by atoms with van der Waals surface area (Å²) in [6, 6.07) is 51.2. The van der Waals surface area contributed by atoms with Gasteiger partial charge < -0.3 is 4.57 Å². The van der Waals surface area contributed by atoms with Crippen LogP contribution < -0.4 is 0 Å². The Morgan fingerprint density at radius 2 is 0.947 bits per heavy atom. The highest BCUT2D eigenvalue weighted by atomic mass is 35.5. The molecule has 0 aliphatic carbocycles. The molecule has 0 unspecified atom stereocenters. The zero-order valence-electron chi connectivity index (χ0n) is 20.7. The smallest absolute Gasteiger partial charge is 0.0541 e. The lowest BCUT2D eigenvalue weighted by Gasteiger charge is -2.16. The summed E-state index contributed by atoms with van der Waals surface area (Å²) in [5.41, 5.74) is 10.2. The molecule has 0 saturated carbocycles. The molecular weight excluding hydrogens is 482 g/mol. The van der Waals surface area contributed by atoms with E-state index in [1.54, 1.807) is 0 Å². The Hall–Kier alpha value is -4.59. The monoisotopic (exact) mass is 505 g/mol. The Kier molecular flexibility index (Phi) is 5.57. The van der Waals surface area contributed by atoms with Gasteiger partial charge in [0, 0.05) is 27.0 Å². The molecule has 0 aliphatic heterocycles. The van der Waals surface area contributed by atoms with E-state index in [4.69, 9.17) is 11.6 Å². The molecule has 0 fully saturated rings. The van der Waals surface area contributed by atoms with Gasteiger partial charge in [-0.25, -0.2) is 0 Å². The Balaban J connectivity index is 1.42. The fourth-order valence-corrected chi connectivity index (χ4v) is 5.85. The highest BCUT2D eigenvalue weighted by Gasteiger charge is 2.16. The van der Waals surface area contributed by atoms with Gasteiger partial charge in [-0.3, -0.25) is 0 Å². The fraction of sp³-hybridized carbons (Fsp3) is 0. The summed E-state index contributed by atoms with van der Waals surface area (Å²) in [5, 5.41) is 3.28. The molecule has 7 aromatic rings. The van der Waals surface area contributed by atoms with Crippen molar-refractivity contribution in [1.29, 1.82) is 0 Å². The molecule has 0 atom stereocenters. The van der Waals surface area contributed by atoms with Crippen molar-refractivity contribution in [2.24, 2.45) is 0 Å². The average Bonchev–Trinajstić information content (AvgIpc) is 3.32. The van der Waals surface area contributed by atoms with E-state index in [-0.39, 0.29) is 0 Å². The van der Waals surface area contributed by atoms with E-state index < -0.39 is 0 Å². The molecule has 0 N–H and O–H groups in total. The first-order chi connectivity index (χ1) is 18.8. The van der Waals surface area contributed by atoms with Crippen molar-refractivity contribution in [1.82, 2.24) is 4.57 Å². The summed E-state index contributed by atoms with van der Waals surface area (Å²) in [5.74, 6) is 0. The van der Waals surface area contributed by atoms with Gasteiger partial charge in [-0.2, -0.15) is 0 Å². The molecule has 0 radical (unpaired) electrons. The second-order valence-corrected chi connectivity index (χ2v) is 9.94. The van der Waals surface area contributed by atoms with Gasteiger partial charge in [0.05, 0.1) is 11.0 Å². The molecule has 2 heteroatoms. The van der Waals surface area contributed by atoms with Crippen molar-refractivity contribution in [3.05, 3.63) is 151 Å². The van der Waals surface area contributed by atoms with Crippen LogP contribution in [-0.2, 0) is 0 Å². The number of fused-ring (bicyclic) bond motifs is 3. The maximum absolute atomic E-state index is 7.01. The molecule has 7 rings (SSSR count). The highest BCUT2D eigenvalue weighted by Crippen LogP contribution is 2.41. The summed E-state index contributed by atoms with van der Waals surface area (Å²) >= 11 is 7.01. The van der Waals surface area contributed by atoms with Gasteiger partial charge in [-0.05, 0) is 64.2 Å². The van der Waals surface area contributed by atoms with Crippen LogP contribution in [0.3, 0.4) is 0 Å². The number of para-hydroxylation sites is 2. The second-order valence-electron chi connectivity index (χ2n) is 9.53. The first kappa shape index (κ1) is 22.6. The van der Waals surface area contributed by atoms with Gasteiger partial charge in [0.15, 0.2) is 0 Å². The van der Waals surface area contributed by atoms with Crippen LogP contribution in [0.4, 0.5) is 0 Å². The van der Waals surface area contributed by atoms with Crippen LogP contribution in [0.5, 0.6) is 0 Å². The quantitative estimate of drug-likeness (QED) is 0.224. The standard InChI is InChI=1S/C36H24ClN/c37-33-24-28(25-11-3-1-4-12-25)23-32(36(33)27-13-5-2-6-14-27)26-19-21-29(22-20-26)38-34-17-9-7-15-30(34)31-16-8-10-18-35(31)38/h1-24H. The lowest BCUT2D eigenvalue weighted by molar-refractivity contribution is 1.18. The highest BCUT2D eigenvalue weighted by molar-refractivity contribution is 6.34. The SMILES string of the molecule is Clc1cc(-c2ccccc2)cc(-c2ccc(-n3c4ccccc4c4ccccc43)cc2)c1-c1ccccc1. The normalized spacial score (nSPS) is 11.3. The minimum atomic E-state index is 0.749. The Morgan fingerprint density at radius 3 is 1.55 bits per heavy atom. The topological polar surface area (TPSA) is 4.93 Å². The molecule has 1 heterocycles. The molecule has 0 spiro atoms. The zero-order valence-corrected chi connectivity index (χ0v) is 21.4. The molecule has 1 aromatic heterocycles. The molecule has 0 aliphatic rings. The minimum Gasteiger partial charge on any atom is -0.309 e. The van der Waals surface area contributed by atoms with Gasteiger partial charge in [0.2, 0.25) is 0 Å². The van der Waals surface area contributed by atoms with E-state index in [9.17, 15) is 0 Å². The van der Waals surface area contributed by atoms with E-state index in [0.29, 0.717) is 0 Å². The number of benzene rings is 6. The fourth-order valence-electron chi connectivity index (χ4n) is 5.52. The Labute approximate surface area is 227 Å². The van der Waals surface area contributed by atoms with Crippen LogP contribution in [0.1, 0.15) is 0 Å². The molecule has 0 amide bonds. The van der Waals surface area contributed by atoms with Crippen LogP contribution in [0.2, 0.25) is 5.02 Å². The molecule has 1 nitrogen and oxygen atoms in total. The summed E-state index contributed by atoms with van der Waals surface area (Å²) in [4.78, 5) is 0. The maximum Gasteiger partial charge on any atom is 0.0541 e. The molecule has 0 saturated heterocycles. The molecule has 180 valence electrons. The largest absolute Gasteiger partial charge is 0.309 e. The molecule has 38 heavy (non-hydrogen) atoms. The van der Waals surface area contributed by atoms with Crippen molar-refractivity contribution in [2.75, 3.05) is 0 Å². The lowest BCUT2D eigenvalue weighted by Crippen LogP contribution is -1.94. The van der Waals surface area contributed by atoms with Gasteiger partial charge in [-0.1, -0.05) is 121 Å². The molecule has 6 aromatic carbocycles. The maximum atomic E-state index is 7.01. The first-order valence-corrected chi connectivity index (χ1v) is 13.2. The van der Waals surface area contributed by atoms with Crippen LogP contribution in [-0.4, -0.2) is 4.57 Å². The minimum absolute atomic E-state index is 0.749. The first-order valence-electron chi connectivity index (χ1n) is 12.8. The van der Waals surface area contributed by atoms with Gasteiger partial charge in [0.1, 0.15) is 0 Å². The number of rotatable bonds is 4. The van der Waals surface area contributed by atoms with E-state index in [0.717, 1.165) is 44.1 Å². The predicted molar refractivity (Wildman–Crippen MR) is 162 cm³/mol. The lowest BCUT2D eigenvalue weighted by atomic mass is 9.91. The van der Waals surface area contributed by atoms with Gasteiger partial charge in [0.25, 0.3) is 0 Å². The van der Waals surface area contributed by atoms with Crippen LogP contribution in [0.15, 0.2) is 146 Å². The molecular formula is C36H24ClN. The molecule has 0 bridgehead atoms. The van der Waals surface area contributed by atoms with Crippen LogP contribution in [0, 0.1) is 0 Å². The van der Waals surface area contributed by atoms with Crippen molar-refractivity contribution in [3.63, 3.8) is 0 Å². The van der Waals surface area contributed by atoms with Crippen molar-refractivity contribution in [2.45, 2.75) is 0 Å². The van der Waals surface area contributed by atoms with Crippen molar-refractivity contribution < 1.29 is 0 Å².